The summed E-state index contributed by atoms with van der Waals surface area (Å²) in [5.41, 5.74) is 0.913. The molecule has 2 heterocycles. The van der Waals surface area contributed by atoms with Gasteiger partial charge in [-0.2, -0.15) is 5.10 Å². The van der Waals surface area contributed by atoms with Crippen molar-refractivity contribution < 1.29 is 4.74 Å². The maximum absolute atomic E-state index is 6.11. The van der Waals surface area contributed by atoms with Gasteiger partial charge in [0.2, 0.25) is 5.88 Å². The molecule has 3 atom stereocenters. The lowest BCUT2D eigenvalue weighted by Gasteiger charge is -2.24. The number of rotatable bonds is 7. The van der Waals surface area contributed by atoms with Crippen LogP contribution in [-0.4, -0.2) is 40.8 Å². The van der Waals surface area contributed by atoms with Crippen molar-refractivity contribution in [2.75, 3.05) is 19.6 Å². The van der Waals surface area contributed by atoms with E-state index in [2.05, 4.69) is 33.8 Å². The largest absolute Gasteiger partial charge is 0.472 e. The van der Waals surface area contributed by atoms with E-state index < -0.39 is 0 Å². The molecule has 0 aromatic carbocycles. The summed E-state index contributed by atoms with van der Waals surface area (Å²) in [6, 6.07) is 3.86. The fourth-order valence-corrected chi connectivity index (χ4v) is 3.66. The van der Waals surface area contributed by atoms with E-state index in [1.807, 2.05) is 25.1 Å². The predicted octanol–water partition coefficient (Wildman–Crippen LogP) is 3.40. The Morgan fingerprint density at radius 3 is 2.61 bits per heavy atom. The Morgan fingerprint density at radius 1 is 1.26 bits per heavy atom. The zero-order valence-corrected chi connectivity index (χ0v) is 14.0. The van der Waals surface area contributed by atoms with Gasteiger partial charge in [0, 0.05) is 25.7 Å². The number of nitrogens with zero attached hydrogens (tertiary/aromatic N) is 3. The third kappa shape index (κ3) is 4.41. The average Bonchev–Trinajstić information content (AvgIpc) is 2.97. The first kappa shape index (κ1) is 16.2. The summed E-state index contributed by atoms with van der Waals surface area (Å²) in [6.07, 6.45) is 11.2. The minimum Gasteiger partial charge on any atom is -0.472 e. The maximum atomic E-state index is 6.11. The molecule has 1 aromatic rings. The van der Waals surface area contributed by atoms with Gasteiger partial charge in [0.15, 0.2) is 0 Å². The Kier molecular flexibility index (Phi) is 5.44. The van der Waals surface area contributed by atoms with Crippen molar-refractivity contribution in [2.45, 2.75) is 38.7 Å². The molecular weight excluding hydrogens is 286 g/mol. The number of hydrogen-bond acceptors (Lipinski definition) is 4. The number of allylic oxidation sites excluding steroid dienone is 3. The second kappa shape index (κ2) is 7.73. The van der Waals surface area contributed by atoms with E-state index in [-0.39, 0.29) is 6.10 Å². The normalized spacial score (nSPS) is 25.1. The quantitative estimate of drug-likeness (QED) is 0.723. The van der Waals surface area contributed by atoms with E-state index in [1.54, 1.807) is 0 Å². The van der Waals surface area contributed by atoms with E-state index in [4.69, 9.17) is 4.74 Å². The van der Waals surface area contributed by atoms with E-state index in [0.717, 1.165) is 36.9 Å². The summed E-state index contributed by atoms with van der Waals surface area (Å²) < 4.78 is 6.11. The van der Waals surface area contributed by atoms with Gasteiger partial charge in [-0.25, -0.2) is 0 Å². The third-order valence-corrected chi connectivity index (χ3v) is 4.91. The molecule has 1 aromatic heterocycles. The van der Waals surface area contributed by atoms with Gasteiger partial charge in [-0.15, -0.1) is 11.7 Å². The van der Waals surface area contributed by atoms with Crippen LogP contribution in [0.3, 0.4) is 0 Å². The van der Waals surface area contributed by atoms with Crippen molar-refractivity contribution in [1.82, 2.24) is 15.1 Å². The van der Waals surface area contributed by atoms with Gasteiger partial charge in [0.05, 0.1) is 5.69 Å². The van der Waals surface area contributed by atoms with Crippen LogP contribution in [0.15, 0.2) is 36.9 Å². The Balaban J connectivity index is 1.58. The second-order valence-corrected chi connectivity index (χ2v) is 6.80. The summed E-state index contributed by atoms with van der Waals surface area (Å²) in [5.74, 6) is 2.29. The number of aryl methyl sites for hydroxylation is 1. The molecule has 0 radical (unpaired) electrons. The first-order valence-corrected chi connectivity index (χ1v) is 8.70. The van der Waals surface area contributed by atoms with Gasteiger partial charge in [0.25, 0.3) is 0 Å². The summed E-state index contributed by atoms with van der Waals surface area (Å²) in [7, 11) is 0. The van der Waals surface area contributed by atoms with E-state index in [1.165, 1.54) is 25.9 Å². The molecule has 3 rings (SSSR count). The van der Waals surface area contributed by atoms with Gasteiger partial charge < -0.3 is 4.74 Å². The first-order chi connectivity index (χ1) is 11.2. The van der Waals surface area contributed by atoms with E-state index >= 15 is 0 Å². The lowest BCUT2D eigenvalue weighted by Crippen LogP contribution is -2.34. The number of hydrogen-bond donors (Lipinski definition) is 0. The smallest absolute Gasteiger partial charge is 0.233 e. The third-order valence-electron chi connectivity index (χ3n) is 4.91. The van der Waals surface area contributed by atoms with Crippen LogP contribution in [0, 0.1) is 18.8 Å². The minimum absolute atomic E-state index is 0.151. The van der Waals surface area contributed by atoms with Crippen molar-refractivity contribution in [1.29, 1.82) is 0 Å². The van der Waals surface area contributed by atoms with Gasteiger partial charge in [-0.05, 0) is 50.5 Å². The lowest BCUT2D eigenvalue weighted by molar-refractivity contribution is 0.130. The Morgan fingerprint density at radius 2 is 2.00 bits per heavy atom. The van der Waals surface area contributed by atoms with Crippen LogP contribution in [0.25, 0.3) is 0 Å². The summed E-state index contributed by atoms with van der Waals surface area (Å²) >= 11 is 0. The maximum Gasteiger partial charge on any atom is 0.233 e. The summed E-state index contributed by atoms with van der Waals surface area (Å²) in [4.78, 5) is 2.57. The predicted molar refractivity (Wildman–Crippen MR) is 92.4 cm³/mol. The van der Waals surface area contributed by atoms with Crippen molar-refractivity contribution in [3.63, 3.8) is 0 Å². The highest BCUT2D eigenvalue weighted by Crippen LogP contribution is 2.33. The highest BCUT2D eigenvalue weighted by Gasteiger charge is 2.33. The van der Waals surface area contributed by atoms with Gasteiger partial charge >= 0.3 is 0 Å². The Bertz CT molecular complexity index is 524. The number of aromatic nitrogens is 2. The number of fused-ring (bicyclic) bond motifs is 1. The molecule has 1 saturated heterocycles. The monoisotopic (exact) mass is 313 g/mol. The van der Waals surface area contributed by atoms with Crippen LogP contribution in [0.1, 0.15) is 31.4 Å². The van der Waals surface area contributed by atoms with Gasteiger partial charge in [0.1, 0.15) is 6.10 Å². The van der Waals surface area contributed by atoms with Crippen molar-refractivity contribution in [3.8, 4) is 5.88 Å². The van der Waals surface area contributed by atoms with Crippen LogP contribution in [0.2, 0.25) is 0 Å². The Hall–Kier alpha value is -1.68. The van der Waals surface area contributed by atoms with Crippen LogP contribution in [0.4, 0.5) is 0 Å². The van der Waals surface area contributed by atoms with E-state index in [9.17, 15) is 0 Å². The topological polar surface area (TPSA) is 38.2 Å². The van der Waals surface area contributed by atoms with Crippen molar-refractivity contribution in [3.05, 3.63) is 42.6 Å². The molecule has 124 valence electrons. The molecule has 1 fully saturated rings. The zero-order valence-electron chi connectivity index (χ0n) is 14.0. The summed E-state index contributed by atoms with van der Waals surface area (Å²) in [6.45, 7) is 9.14. The summed E-state index contributed by atoms with van der Waals surface area (Å²) in [5, 5.41) is 8.23. The van der Waals surface area contributed by atoms with Crippen LogP contribution < -0.4 is 4.74 Å². The SMILES string of the molecule is C=CCC[C@H](CN1C[C@H]2CC=CC[C@H]2C1)Oc1ccc(C)nn1. The molecule has 0 N–H and O–H groups in total. The first-order valence-electron chi connectivity index (χ1n) is 8.70. The molecule has 4 heteroatoms. The molecule has 0 spiro atoms. The molecule has 0 amide bonds. The van der Waals surface area contributed by atoms with Gasteiger partial charge in [-0.1, -0.05) is 18.2 Å². The molecule has 0 bridgehead atoms. The zero-order chi connectivity index (χ0) is 16.1. The molecule has 23 heavy (non-hydrogen) atoms. The number of ether oxygens (including phenoxy) is 1. The standard InChI is InChI=1S/C19H27N3O/c1-3-4-9-18(23-19-11-10-15(2)20-21-19)14-22-12-16-7-5-6-8-17(16)13-22/h3,5-6,10-11,16-18H,1,4,7-9,12-14H2,2H3/t16-,17+,18-/m1/s1. The molecule has 4 nitrogen and oxygen atoms in total. The Labute approximate surface area is 139 Å². The second-order valence-electron chi connectivity index (χ2n) is 6.80. The lowest BCUT2D eigenvalue weighted by atomic mass is 9.86. The van der Waals surface area contributed by atoms with Crippen LogP contribution in [-0.2, 0) is 0 Å². The van der Waals surface area contributed by atoms with Gasteiger partial charge in [-0.3, -0.25) is 4.90 Å². The van der Waals surface area contributed by atoms with Crippen LogP contribution in [0.5, 0.6) is 5.88 Å². The molecule has 0 unspecified atom stereocenters. The fourth-order valence-electron chi connectivity index (χ4n) is 3.66. The molecule has 0 saturated carbocycles. The fraction of sp³-hybridized carbons (Fsp3) is 0.579. The van der Waals surface area contributed by atoms with E-state index in [0.29, 0.717) is 5.88 Å². The van der Waals surface area contributed by atoms with Crippen LogP contribution >= 0.6 is 0 Å². The van der Waals surface area contributed by atoms with Crippen molar-refractivity contribution in [2.24, 2.45) is 11.8 Å². The molecule has 1 aliphatic heterocycles. The minimum atomic E-state index is 0.151. The highest BCUT2D eigenvalue weighted by molar-refractivity contribution is 5.11. The average molecular weight is 313 g/mol. The molecular formula is C19H27N3O. The number of likely N-dealkylation sites (tertiary alicyclic amines) is 1. The molecule has 2 aliphatic rings. The molecule has 1 aliphatic carbocycles. The highest BCUT2D eigenvalue weighted by atomic mass is 16.5. The van der Waals surface area contributed by atoms with Crippen molar-refractivity contribution >= 4 is 0 Å².